The molecule has 0 aromatic heterocycles. The van der Waals surface area contributed by atoms with Gasteiger partial charge in [-0.05, 0) is 54.3 Å². The quantitative estimate of drug-likeness (QED) is 0.544. The molecule has 0 rings (SSSR count). The van der Waals surface area contributed by atoms with E-state index in [9.17, 15) is 0 Å². The monoisotopic (exact) mass is 218 g/mol. The fourth-order valence-corrected chi connectivity index (χ4v) is 1.48. The predicted octanol–water partition coefficient (Wildman–Crippen LogP) is 0.347. The van der Waals surface area contributed by atoms with Crippen molar-refractivity contribution in [3.05, 3.63) is 0 Å². The lowest BCUT2D eigenvalue weighted by Gasteiger charge is -2.41. The lowest BCUT2D eigenvalue weighted by molar-refractivity contribution is 0.0640. The van der Waals surface area contributed by atoms with Crippen molar-refractivity contribution < 1.29 is 0 Å². The molecule has 2 N–H and O–H groups in total. The van der Waals surface area contributed by atoms with Crippen LogP contribution in [0.3, 0.4) is 0 Å². The molecule has 0 amide bonds. The molecule has 0 bridgehead atoms. The number of thiocarbonyl (C=S) groups is 1. The summed E-state index contributed by atoms with van der Waals surface area (Å²) in [4.78, 5) is 6.17. The summed E-state index contributed by atoms with van der Waals surface area (Å²) in [5.74, 6) is 0. The van der Waals surface area contributed by atoms with Crippen LogP contribution in [-0.4, -0.2) is 60.3 Å². The van der Waals surface area contributed by atoms with Crippen molar-refractivity contribution in [3.8, 4) is 0 Å². The Kier molecular flexibility index (Phi) is 5.33. The Morgan fingerprint density at radius 1 is 1.00 bits per heavy atom. The Morgan fingerprint density at radius 2 is 1.29 bits per heavy atom. The molecule has 2 atom stereocenters. The highest BCUT2D eigenvalue weighted by Gasteiger charge is 2.23. The largest absolute Gasteiger partial charge is 0.376 e. The summed E-state index contributed by atoms with van der Waals surface area (Å²) >= 11 is 5.06. The fraction of sp³-hybridized carbons (Fsp3) is 0.889. The minimum atomic E-state index is 0.199. The molecule has 0 heterocycles. The van der Waals surface area contributed by atoms with E-state index >= 15 is 0 Å². The zero-order valence-corrected chi connectivity index (χ0v) is 10.8. The second kappa shape index (κ2) is 5.48. The summed E-state index contributed by atoms with van der Waals surface area (Å²) in [6.45, 7) is 4.16. The van der Waals surface area contributed by atoms with E-state index < -0.39 is 0 Å². The second-order valence-corrected chi connectivity index (χ2v) is 4.35. The third kappa shape index (κ3) is 3.40. The molecule has 2 unspecified atom stereocenters. The van der Waals surface area contributed by atoms with Gasteiger partial charge in [-0.3, -0.25) is 9.80 Å². The smallest absolute Gasteiger partial charge is 0.168 e. The highest BCUT2D eigenvalue weighted by molar-refractivity contribution is 7.80. The Labute approximate surface area is 92.6 Å². The van der Waals surface area contributed by atoms with Gasteiger partial charge in [0.25, 0.3) is 0 Å². The van der Waals surface area contributed by atoms with E-state index in [1.165, 1.54) is 0 Å². The van der Waals surface area contributed by atoms with E-state index in [2.05, 4.69) is 23.6 Å². The van der Waals surface area contributed by atoms with Crippen LogP contribution in [0, 0.1) is 0 Å². The molecule has 0 aromatic carbocycles. The van der Waals surface area contributed by atoms with Gasteiger partial charge in [-0.25, -0.2) is 0 Å². The summed E-state index contributed by atoms with van der Waals surface area (Å²) in [5.41, 5.74) is 5.72. The fourth-order valence-electron chi connectivity index (χ4n) is 1.18. The second-order valence-electron chi connectivity index (χ2n) is 3.94. The van der Waals surface area contributed by atoms with E-state index in [4.69, 9.17) is 18.0 Å². The first-order valence-electron chi connectivity index (χ1n) is 4.69. The van der Waals surface area contributed by atoms with Gasteiger partial charge in [-0.2, -0.15) is 0 Å². The van der Waals surface area contributed by atoms with Crippen LogP contribution in [0.4, 0.5) is 0 Å². The van der Waals surface area contributed by atoms with Gasteiger partial charge in [-0.1, -0.05) is 0 Å². The molecule has 84 valence electrons. The molecule has 5 heteroatoms. The average molecular weight is 218 g/mol. The van der Waals surface area contributed by atoms with E-state index in [1.54, 1.807) is 0 Å². The van der Waals surface area contributed by atoms with Gasteiger partial charge in [0.15, 0.2) is 5.11 Å². The SMILES string of the molecule is CC(N(C)C)N(C(N)=S)C(C)N(C)C. The highest BCUT2D eigenvalue weighted by atomic mass is 32.1. The van der Waals surface area contributed by atoms with Crippen LogP contribution < -0.4 is 5.73 Å². The molecule has 14 heavy (non-hydrogen) atoms. The summed E-state index contributed by atoms with van der Waals surface area (Å²) in [5, 5.41) is 0.437. The molecule has 0 radical (unpaired) electrons. The van der Waals surface area contributed by atoms with E-state index in [0.717, 1.165) is 0 Å². The number of nitrogens with zero attached hydrogens (tertiary/aromatic N) is 3. The Morgan fingerprint density at radius 3 is 1.43 bits per heavy atom. The van der Waals surface area contributed by atoms with Gasteiger partial charge in [-0.15, -0.1) is 0 Å². The number of hydrogen-bond donors (Lipinski definition) is 1. The van der Waals surface area contributed by atoms with Crippen molar-refractivity contribution in [3.63, 3.8) is 0 Å². The van der Waals surface area contributed by atoms with Crippen LogP contribution >= 0.6 is 12.2 Å². The van der Waals surface area contributed by atoms with Gasteiger partial charge >= 0.3 is 0 Å². The summed E-state index contributed by atoms with van der Waals surface area (Å²) < 4.78 is 0. The molecular formula is C9H22N4S. The molecule has 0 aromatic rings. The molecule has 0 saturated carbocycles. The molecule has 4 nitrogen and oxygen atoms in total. The number of nitrogens with two attached hydrogens (primary N) is 1. The Hall–Kier alpha value is -0.390. The molecule has 0 fully saturated rings. The minimum absolute atomic E-state index is 0.199. The van der Waals surface area contributed by atoms with Crippen molar-refractivity contribution in [2.75, 3.05) is 28.2 Å². The first-order chi connectivity index (χ1) is 6.29. The third-order valence-corrected chi connectivity index (χ3v) is 2.77. The van der Waals surface area contributed by atoms with Gasteiger partial charge in [0.2, 0.25) is 0 Å². The van der Waals surface area contributed by atoms with Crippen molar-refractivity contribution in [2.45, 2.75) is 26.2 Å². The lowest BCUT2D eigenvalue weighted by Crippen LogP contribution is -2.56. The van der Waals surface area contributed by atoms with Gasteiger partial charge in [0.1, 0.15) is 0 Å². The van der Waals surface area contributed by atoms with Crippen LogP contribution in [0.5, 0.6) is 0 Å². The summed E-state index contributed by atoms with van der Waals surface area (Å²) in [6.07, 6.45) is 0.398. The average Bonchev–Trinajstić information content (AvgIpc) is 2.03. The third-order valence-electron chi connectivity index (χ3n) is 2.55. The number of hydrogen-bond acceptors (Lipinski definition) is 3. The molecule has 0 aliphatic carbocycles. The molecular weight excluding hydrogens is 196 g/mol. The lowest BCUT2D eigenvalue weighted by atomic mass is 10.3. The van der Waals surface area contributed by atoms with Gasteiger partial charge in [0, 0.05) is 0 Å². The van der Waals surface area contributed by atoms with Crippen molar-refractivity contribution in [2.24, 2.45) is 5.73 Å². The van der Waals surface area contributed by atoms with Gasteiger partial charge in [0.05, 0.1) is 12.3 Å². The summed E-state index contributed by atoms with van der Waals surface area (Å²) in [7, 11) is 8.05. The first kappa shape index (κ1) is 13.6. The zero-order valence-electron chi connectivity index (χ0n) is 9.98. The van der Waals surface area contributed by atoms with Crippen molar-refractivity contribution in [1.29, 1.82) is 0 Å². The van der Waals surface area contributed by atoms with Crippen molar-refractivity contribution >= 4 is 17.3 Å². The van der Waals surface area contributed by atoms with Crippen LogP contribution in [0.2, 0.25) is 0 Å². The Balaban J connectivity index is 4.68. The predicted molar refractivity (Wildman–Crippen MR) is 64.9 cm³/mol. The standard InChI is InChI=1S/C9H22N4S/c1-7(11(3)4)13(9(10)14)8(2)12(5)6/h7-8H,1-6H3,(H2,10,14). The minimum Gasteiger partial charge on any atom is -0.376 e. The van der Waals surface area contributed by atoms with Crippen LogP contribution in [0.1, 0.15) is 13.8 Å². The van der Waals surface area contributed by atoms with E-state index in [-0.39, 0.29) is 12.3 Å². The Bertz CT molecular complexity index is 179. The summed E-state index contributed by atoms with van der Waals surface area (Å²) in [6, 6.07) is 0. The molecule has 0 spiro atoms. The van der Waals surface area contributed by atoms with Crippen LogP contribution in [-0.2, 0) is 0 Å². The van der Waals surface area contributed by atoms with E-state index in [1.807, 2.05) is 33.1 Å². The molecule has 0 aliphatic heterocycles. The maximum Gasteiger partial charge on any atom is 0.168 e. The highest BCUT2D eigenvalue weighted by Crippen LogP contribution is 2.09. The maximum absolute atomic E-state index is 5.72. The van der Waals surface area contributed by atoms with Crippen molar-refractivity contribution in [1.82, 2.24) is 14.7 Å². The van der Waals surface area contributed by atoms with Crippen LogP contribution in [0.25, 0.3) is 0 Å². The normalized spacial score (nSPS) is 15.7. The van der Waals surface area contributed by atoms with Crippen LogP contribution in [0.15, 0.2) is 0 Å². The van der Waals surface area contributed by atoms with E-state index in [0.29, 0.717) is 5.11 Å². The first-order valence-corrected chi connectivity index (χ1v) is 5.10. The number of rotatable bonds is 4. The zero-order chi connectivity index (χ0) is 11.5. The van der Waals surface area contributed by atoms with Gasteiger partial charge < -0.3 is 10.6 Å². The molecule has 0 aliphatic rings. The molecule has 0 saturated heterocycles. The maximum atomic E-state index is 5.72. The topological polar surface area (TPSA) is 35.7 Å².